The average molecular weight is 637 g/mol. The van der Waals surface area contributed by atoms with Gasteiger partial charge in [0.1, 0.15) is 20.1 Å². The van der Waals surface area contributed by atoms with Crippen LogP contribution < -0.4 is 19.7 Å². The number of fused-ring (bicyclic) bond motifs is 5. The molecule has 2 aliphatic heterocycles. The van der Waals surface area contributed by atoms with Crippen molar-refractivity contribution in [3.05, 3.63) is 97.0 Å². The molecule has 7 aromatic rings. The third-order valence-electron chi connectivity index (χ3n) is 6.94. The van der Waals surface area contributed by atoms with Crippen molar-refractivity contribution >= 4 is 95.5 Å². The largest absolute Gasteiger partial charge is 0.396 e. The summed E-state index contributed by atoms with van der Waals surface area (Å²) >= 11 is 9.43. The number of hydrogen-bond acceptors (Lipinski definition) is 7. The molecule has 9 rings (SSSR count). The Kier molecular flexibility index (Phi) is 4.99. The van der Waals surface area contributed by atoms with E-state index in [9.17, 15) is 0 Å². The molecule has 0 aromatic carbocycles. The van der Waals surface area contributed by atoms with E-state index in [0.717, 1.165) is 59.0 Å². The zero-order valence-electron chi connectivity index (χ0n) is 20.1. The summed E-state index contributed by atoms with van der Waals surface area (Å²) in [5.74, 6) is 0.584. The lowest BCUT2D eigenvalue weighted by molar-refractivity contribution is -0.273. The molecule has 0 N–H and O–H groups in total. The molecule has 0 aliphatic carbocycles. The van der Waals surface area contributed by atoms with Gasteiger partial charge >= 0.3 is 16.8 Å². The van der Waals surface area contributed by atoms with Crippen LogP contribution in [0, 0.1) is 0 Å². The van der Waals surface area contributed by atoms with Crippen LogP contribution in [0.4, 0.5) is 14.8 Å². The highest BCUT2D eigenvalue weighted by atomic mass is 32.1. The molecule has 0 amide bonds. The fraction of sp³-hybridized carbons (Fsp3) is 0. The van der Waals surface area contributed by atoms with Crippen LogP contribution in [0.1, 0.15) is 4.88 Å². The summed E-state index contributed by atoms with van der Waals surface area (Å²) in [6, 6.07) is 19.7. The first-order valence-electron chi connectivity index (χ1n) is 12.1. The van der Waals surface area contributed by atoms with Crippen LogP contribution in [0.3, 0.4) is 0 Å². The SMILES string of the molecule is F[N+]1(F)n2c(c(-c3cccs3)c3sc(-c4cccs4)cc32)N=C2C(c3cccs3)=c3sc(-c4cccs4)cc3=[N+]21. The number of aliphatic imine (C=N–C) groups is 1. The number of nitrogens with zero attached hydrogens (tertiary/aromatic N) is 4. The summed E-state index contributed by atoms with van der Waals surface area (Å²) in [7, 11) is 0. The zero-order valence-corrected chi connectivity index (χ0v) is 25.0. The van der Waals surface area contributed by atoms with E-state index in [1.807, 2.05) is 82.2 Å². The predicted molar refractivity (Wildman–Crippen MR) is 168 cm³/mol. The molecule has 0 saturated carbocycles. The second kappa shape index (κ2) is 8.46. The molecule has 2 aliphatic rings. The van der Waals surface area contributed by atoms with Gasteiger partial charge in [-0.1, -0.05) is 24.3 Å². The van der Waals surface area contributed by atoms with Crippen molar-refractivity contribution in [1.29, 1.82) is 0 Å². The molecule has 0 saturated heterocycles. The maximum absolute atomic E-state index is 17.1. The summed E-state index contributed by atoms with van der Waals surface area (Å²) in [5.41, 5.74) is 2.02. The van der Waals surface area contributed by atoms with Gasteiger partial charge in [0.2, 0.25) is 5.36 Å². The molecular formula is C28H14F2N4S6+2. The Morgan fingerprint density at radius 1 is 0.700 bits per heavy atom. The van der Waals surface area contributed by atoms with Gasteiger partial charge in [0.25, 0.3) is 0 Å². The van der Waals surface area contributed by atoms with Crippen molar-refractivity contribution in [3.63, 3.8) is 0 Å². The van der Waals surface area contributed by atoms with Crippen molar-refractivity contribution in [1.82, 2.24) is 14.5 Å². The standard InChI is InChI=1S/C28H14F2N4S6/c29-34(30)32-15-13-21(17-5-1-9-35-17)39-25(15)23(19-7-3-11-37-19)27(32)31-28-24(20-8-4-12-38-20)26-16(33(28)34)14-22(40-26)18-6-2-10-36-18/h1-14H/q+2. The van der Waals surface area contributed by atoms with Gasteiger partial charge in [0, 0.05) is 35.3 Å². The predicted octanol–water partition coefficient (Wildman–Crippen LogP) is 8.58. The number of hydrogen-bond donors (Lipinski definition) is 0. The highest BCUT2D eigenvalue weighted by molar-refractivity contribution is 7.26. The molecule has 7 aromatic heterocycles. The van der Waals surface area contributed by atoms with Crippen molar-refractivity contribution in [3.8, 4) is 29.9 Å². The lowest BCUT2D eigenvalue weighted by Crippen LogP contribution is -2.61. The van der Waals surface area contributed by atoms with Crippen LogP contribution in [0.5, 0.6) is 0 Å². The lowest BCUT2D eigenvalue weighted by atomic mass is 10.2. The van der Waals surface area contributed by atoms with E-state index in [0.29, 0.717) is 22.5 Å². The van der Waals surface area contributed by atoms with Crippen molar-refractivity contribution < 1.29 is 8.96 Å². The number of halogens is 2. The highest BCUT2D eigenvalue weighted by Gasteiger charge is 2.60. The molecule has 0 fully saturated rings. The van der Waals surface area contributed by atoms with E-state index in [-0.39, 0.29) is 0 Å². The van der Waals surface area contributed by atoms with E-state index in [1.54, 1.807) is 68.0 Å². The molecule has 0 atom stereocenters. The Labute approximate surface area is 249 Å². The van der Waals surface area contributed by atoms with Crippen LogP contribution in [0.25, 0.3) is 45.7 Å². The van der Waals surface area contributed by atoms with Gasteiger partial charge in [-0.25, -0.2) is 0 Å². The topological polar surface area (TPSA) is 20.3 Å². The van der Waals surface area contributed by atoms with Gasteiger partial charge < -0.3 is 0 Å². The van der Waals surface area contributed by atoms with E-state index in [1.165, 1.54) is 0 Å². The third-order valence-corrected chi connectivity index (χ3v) is 13.1. The second-order valence-electron chi connectivity index (χ2n) is 9.15. The van der Waals surface area contributed by atoms with Gasteiger partial charge in [-0.15, -0.1) is 68.0 Å². The van der Waals surface area contributed by atoms with Crippen LogP contribution in [-0.2, 0) is 0 Å². The number of rotatable bonds is 4. The van der Waals surface area contributed by atoms with Crippen LogP contribution >= 0.6 is 68.0 Å². The Morgan fingerprint density at radius 2 is 1.30 bits per heavy atom. The first kappa shape index (κ1) is 23.6. The van der Waals surface area contributed by atoms with Crippen LogP contribution in [0.2, 0.25) is 0 Å². The quantitative estimate of drug-likeness (QED) is 0.136. The van der Waals surface area contributed by atoms with Gasteiger partial charge in [-0.3, -0.25) is 0 Å². The molecule has 0 bridgehead atoms. The fourth-order valence-corrected chi connectivity index (χ4v) is 11.0. The third kappa shape index (κ3) is 3.15. The number of quaternary nitrogens is 1. The monoisotopic (exact) mass is 636 g/mol. The minimum atomic E-state index is -2.49. The Morgan fingerprint density at radius 3 is 1.93 bits per heavy atom. The van der Waals surface area contributed by atoms with E-state index in [2.05, 4.69) is 0 Å². The van der Waals surface area contributed by atoms with E-state index >= 15 is 8.96 Å². The molecule has 12 heteroatoms. The second-order valence-corrected chi connectivity index (χ2v) is 15.0. The molecule has 40 heavy (non-hydrogen) atoms. The Bertz CT molecular complexity index is 2230. The molecular weight excluding hydrogens is 623 g/mol. The smallest absolute Gasteiger partial charge is 0.144 e. The van der Waals surface area contributed by atoms with Gasteiger partial charge in [-0.2, -0.15) is 0 Å². The molecule has 0 spiro atoms. The first-order chi connectivity index (χ1) is 19.6. The maximum atomic E-state index is 17.1. The molecule has 0 radical (unpaired) electrons. The Hall–Kier alpha value is -3.10. The van der Waals surface area contributed by atoms with E-state index < -0.39 is 5.15 Å². The van der Waals surface area contributed by atoms with Gasteiger partial charge in [0.05, 0.1) is 19.5 Å². The summed E-state index contributed by atoms with van der Waals surface area (Å²) in [6.45, 7) is 0. The first-order valence-corrected chi connectivity index (χ1v) is 17.3. The molecule has 9 heterocycles. The number of aromatic nitrogens is 1. The lowest BCUT2D eigenvalue weighted by Gasteiger charge is -2.16. The average Bonchev–Trinajstić information content (AvgIpc) is 3.78. The minimum absolute atomic E-state index is 0.292. The normalized spacial score (nSPS) is 15.5. The summed E-state index contributed by atoms with van der Waals surface area (Å²) in [6.07, 6.45) is 0. The summed E-state index contributed by atoms with van der Waals surface area (Å²) in [4.78, 5) is 11.0. The minimum Gasteiger partial charge on any atom is -0.144 e. The summed E-state index contributed by atoms with van der Waals surface area (Å²) in [5, 5.41) is 5.99. The van der Waals surface area contributed by atoms with Crippen molar-refractivity contribution in [2.75, 3.05) is 0 Å². The molecule has 194 valence electrons. The number of amidine groups is 1. The highest BCUT2D eigenvalue weighted by Crippen LogP contribution is 2.51. The van der Waals surface area contributed by atoms with Gasteiger partial charge in [-0.05, 0) is 61.5 Å². The van der Waals surface area contributed by atoms with Crippen molar-refractivity contribution in [2.24, 2.45) is 4.99 Å². The zero-order chi connectivity index (χ0) is 26.6. The van der Waals surface area contributed by atoms with Gasteiger partial charge in [0.15, 0.2) is 0 Å². The summed E-state index contributed by atoms with van der Waals surface area (Å²) < 4.78 is 38.0. The van der Waals surface area contributed by atoms with E-state index in [4.69, 9.17) is 4.99 Å². The number of thiophene rings is 6. The fourth-order valence-electron chi connectivity index (χ4n) is 5.33. The Balaban J connectivity index is 1.40. The van der Waals surface area contributed by atoms with Crippen LogP contribution in [-0.4, -0.2) is 10.5 Å². The molecule has 4 nitrogen and oxygen atoms in total. The van der Waals surface area contributed by atoms with Crippen LogP contribution in [0.15, 0.2) is 87.2 Å². The molecule has 0 unspecified atom stereocenters. The van der Waals surface area contributed by atoms with Crippen molar-refractivity contribution in [2.45, 2.75) is 0 Å². The maximum Gasteiger partial charge on any atom is 0.396 e.